The second-order valence-electron chi connectivity index (χ2n) is 3.59. The molecule has 0 aliphatic carbocycles. The highest BCUT2D eigenvalue weighted by atomic mass is 32.2. The lowest BCUT2D eigenvalue weighted by Gasteiger charge is -2.06. The SMILES string of the molecule is C/C=C(/C(=O)NCc1ccccc1)S(C)(=O)=O. The number of sulfone groups is 1. The lowest BCUT2D eigenvalue weighted by molar-refractivity contribution is -0.117. The Balaban J connectivity index is 2.68. The summed E-state index contributed by atoms with van der Waals surface area (Å²) in [5, 5.41) is 2.57. The molecule has 1 aromatic rings. The number of nitrogens with one attached hydrogen (secondary N) is 1. The second kappa shape index (κ2) is 5.63. The quantitative estimate of drug-likeness (QED) is 0.821. The summed E-state index contributed by atoms with van der Waals surface area (Å²) in [4.78, 5) is 11.4. The minimum Gasteiger partial charge on any atom is -0.347 e. The number of rotatable bonds is 4. The van der Waals surface area contributed by atoms with Crippen LogP contribution in [0.4, 0.5) is 0 Å². The molecule has 5 heteroatoms. The number of hydrogen-bond donors (Lipinski definition) is 1. The summed E-state index contributed by atoms with van der Waals surface area (Å²) in [5.41, 5.74) is 0.921. The fourth-order valence-electron chi connectivity index (χ4n) is 1.38. The molecule has 0 aliphatic heterocycles. The van der Waals surface area contributed by atoms with E-state index in [0.717, 1.165) is 11.8 Å². The Hall–Kier alpha value is -1.62. The Bertz CT molecular complexity index is 518. The van der Waals surface area contributed by atoms with E-state index in [2.05, 4.69) is 5.32 Å². The number of hydrogen-bond acceptors (Lipinski definition) is 3. The molecule has 0 bridgehead atoms. The van der Waals surface area contributed by atoms with Crippen molar-refractivity contribution in [2.45, 2.75) is 13.5 Å². The van der Waals surface area contributed by atoms with Crippen molar-refractivity contribution in [3.63, 3.8) is 0 Å². The van der Waals surface area contributed by atoms with Crippen LogP contribution in [0.15, 0.2) is 41.3 Å². The fraction of sp³-hybridized carbons (Fsp3) is 0.250. The van der Waals surface area contributed by atoms with Gasteiger partial charge in [-0.2, -0.15) is 0 Å². The molecule has 17 heavy (non-hydrogen) atoms. The Morgan fingerprint density at radius 2 is 1.88 bits per heavy atom. The molecule has 1 rings (SSSR count). The molecule has 1 amide bonds. The molecule has 0 aliphatic rings. The summed E-state index contributed by atoms with van der Waals surface area (Å²) in [6.07, 6.45) is 2.32. The summed E-state index contributed by atoms with van der Waals surface area (Å²) in [7, 11) is -3.47. The third-order valence-electron chi connectivity index (χ3n) is 2.18. The number of benzene rings is 1. The van der Waals surface area contributed by atoms with Crippen LogP contribution in [-0.4, -0.2) is 20.6 Å². The zero-order valence-corrected chi connectivity index (χ0v) is 10.6. The van der Waals surface area contributed by atoms with Crippen LogP contribution in [0.25, 0.3) is 0 Å². The van der Waals surface area contributed by atoms with Gasteiger partial charge in [0, 0.05) is 12.8 Å². The van der Waals surface area contributed by atoms with Gasteiger partial charge < -0.3 is 5.32 Å². The molecular formula is C12H15NO3S. The zero-order valence-electron chi connectivity index (χ0n) is 9.80. The largest absolute Gasteiger partial charge is 0.347 e. The molecule has 0 saturated heterocycles. The maximum Gasteiger partial charge on any atom is 0.262 e. The van der Waals surface area contributed by atoms with E-state index >= 15 is 0 Å². The lowest BCUT2D eigenvalue weighted by Crippen LogP contribution is -2.27. The van der Waals surface area contributed by atoms with E-state index in [9.17, 15) is 13.2 Å². The van der Waals surface area contributed by atoms with Crippen molar-refractivity contribution in [3.05, 3.63) is 46.9 Å². The highest BCUT2D eigenvalue weighted by molar-refractivity contribution is 7.95. The molecule has 0 aromatic heterocycles. The number of carbonyl (C=O) groups excluding carboxylic acids is 1. The van der Waals surface area contributed by atoms with E-state index in [0.29, 0.717) is 6.54 Å². The smallest absolute Gasteiger partial charge is 0.262 e. The number of amides is 1. The normalized spacial score (nSPS) is 12.2. The third-order valence-corrected chi connectivity index (χ3v) is 3.40. The van der Waals surface area contributed by atoms with Gasteiger partial charge in [-0.3, -0.25) is 4.79 Å². The van der Waals surface area contributed by atoms with Gasteiger partial charge in [-0.15, -0.1) is 0 Å². The predicted molar refractivity (Wildman–Crippen MR) is 66.9 cm³/mol. The topological polar surface area (TPSA) is 63.2 Å². The van der Waals surface area contributed by atoms with E-state index in [1.54, 1.807) is 0 Å². The van der Waals surface area contributed by atoms with Crippen molar-refractivity contribution < 1.29 is 13.2 Å². The second-order valence-corrected chi connectivity index (χ2v) is 5.58. The van der Waals surface area contributed by atoms with Gasteiger partial charge in [0.2, 0.25) is 0 Å². The average molecular weight is 253 g/mol. The monoisotopic (exact) mass is 253 g/mol. The van der Waals surface area contributed by atoms with Crippen LogP contribution in [0.5, 0.6) is 0 Å². The molecule has 0 unspecified atom stereocenters. The molecule has 0 atom stereocenters. The molecule has 0 spiro atoms. The van der Waals surface area contributed by atoms with Gasteiger partial charge >= 0.3 is 0 Å². The van der Waals surface area contributed by atoms with Crippen LogP contribution in [-0.2, 0) is 21.2 Å². The Morgan fingerprint density at radius 1 is 1.29 bits per heavy atom. The van der Waals surface area contributed by atoms with Crippen LogP contribution in [0, 0.1) is 0 Å². The first-order chi connectivity index (χ1) is 7.95. The summed E-state index contributed by atoms with van der Waals surface area (Å²) >= 11 is 0. The lowest BCUT2D eigenvalue weighted by atomic mass is 10.2. The number of allylic oxidation sites excluding steroid dienone is 1. The molecule has 0 heterocycles. The summed E-state index contributed by atoms with van der Waals surface area (Å²) in [6.45, 7) is 1.84. The van der Waals surface area contributed by atoms with Gasteiger partial charge in [-0.05, 0) is 12.5 Å². The van der Waals surface area contributed by atoms with Crippen LogP contribution < -0.4 is 5.32 Å². The minimum atomic E-state index is -3.47. The molecule has 0 fully saturated rings. The van der Waals surface area contributed by atoms with Crippen molar-refractivity contribution in [2.75, 3.05) is 6.26 Å². The molecule has 0 saturated carbocycles. The van der Waals surface area contributed by atoms with Gasteiger partial charge in [-0.25, -0.2) is 8.42 Å². The molecule has 4 nitrogen and oxygen atoms in total. The zero-order chi connectivity index (χ0) is 12.9. The Kier molecular flexibility index (Phi) is 4.45. The van der Waals surface area contributed by atoms with E-state index < -0.39 is 15.7 Å². The van der Waals surface area contributed by atoms with Crippen LogP contribution in [0.2, 0.25) is 0 Å². The van der Waals surface area contributed by atoms with Crippen LogP contribution >= 0.6 is 0 Å². The first-order valence-corrected chi connectivity index (χ1v) is 7.03. The third kappa shape index (κ3) is 4.03. The van der Waals surface area contributed by atoms with Gasteiger partial charge in [-0.1, -0.05) is 36.4 Å². The first kappa shape index (κ1) is 13.4. The standard InChI is InChI=1S/C12H15NO3S/c1-3-11(17(2,15)16)12(14)13-9-10-7-5-4-6-8-10/h3-8H,9H2,1-2H3,(H,13,14)/b11-3-. The van der Waals surface area contributed by atoms with Crippen LogP contribution in [0.3, 0.4) is 0 Å². The van der Waals surface area contributed by atoms with E-state index in [1.165, 1.54) is 13.0 Å². The van der Waals surface area contributed by atoms with E-state index in [1.807, 2.05) is 30.3 Å². The summed E-state index contributed by atoms with van der Waals surface area (Å²) < 4.78 is 22.6. The van der Waals surface area contributed by atoms with Gasteiger partial charge in [0.15, 0.2) is 9.84 Å². The Labute approximate surface area is 101 Å². The van der Waals surface area contributed by atoms with Crippen molar-refractivity contribution >= 4 is 15.7 Å². The molecule has 0 radical (unpaired) electrons. The molecule has 1 aromatic carbocycles. The summed E-state index contributed by atoms with van der Waals surface area (Å²) in [6, 6.07) is 9.30. The van der Waals surface area contributed by atoms with Crippen molar-refractivity contribution in [1.82, 2.24) is 5.32 Å². The predicted octanol–water partition coefficient (Wildman–Crippen LogP) is 1.25. The maximum atomic E-state index is 11.6. The van der Waals surface area contributed by atoms with Gasteiger partial charge in [0.1, 0.15) is 4.91 Å². The van der Waals surface area contributed by atoms with Crippen LogP contribution in [0.1, 0.15) is 12.5 Å². The highest BCUT2D eigenvalue weighted by Crippen LogP contribution is 2.05. The maximum absolute atomic E-state index is 11.6. The van der Waals surface area contributed by atoms with Crippen molar-refractivity contribution in [2.24, 2.45) is 0 Å². The molecule has 92 valence electrons. The van der Waals surface area contributed by atoms with Gasteiger partial charge in [0.25, 0.3) is 5.91 Å². The van der Waals surface area contributed by atoms with E-state index in [4.69, 9.17) is 0 Å². The fourth-order valence-corrected chi connectivity index (χ4v) is 2.22. The Morgan fingerprint density at radius 3 is 2.35 bits per heavy atom. The summed E-state index contributed by atoms with van der Waals surface area (Å²) in [5.74, 6) is -0.571. The average Bonchev–Trinajstić information content (AvgIpc) is 2.27. The van der Waals surface area contributed by atoms with E-state index in [-0.39, 0.29) is 4.91 Å². The number of carbonyl (C=O) groups is 1. The minimum absolute atomic E-state index is 0.201. The molecule has 1 N–H and O–H groups in total. The highest BCUT2D eigenvalue weighted by Gasteiger charge is 2.18. The van der Waals surface area contributed by atoms with Crippen molar-refractivity contribution in [3.8, 4) is 0 Å². The van der Waals surface area contributed by atoms with Gasteiger partial charge in [0.05, 0.1) is 0 Å². The first-order valence-electron chi connectivity index (χ1n) is 5.13. The molecular weight excluding hydrogens is 238 g/mol. The van der Waals surface area contributed by atoms with Crippen molar-refractivity contribution in [1.29, 1.82) is 0 Å².